The van der Waals surface area contributed by atoms with Crippen LogP contribution < -0.4 is 5.73 Å². The van der Waals surface area contributed by atoms with Crippen molar-refractivity contribution in [1.82, 2.24) is 0 Å². The molecule has 0 amide bonds. The fourth-order valence-corrected chi connectivity index (χ4v) is 2.74. The highest BCUT2D eigenvalue weighted by Gasteiger charge is 2.12. The maximum Gasteiger partial charge on any atom is 0.123 e. The number of benzene rings is 1. The monoisotopic (exact) mass is 255 g/mol. The molecule has 0 aliphatic carbocycles. The molecule has 0 saturated heterocycles. The van der Waals surface area contributed by atoms with E-state index in [1.807, 2.05) is 11.4 Å². The SMILES string of the molecule is NC(Cc1ccc(F)cc1)c1sccc1Cl. The second-order valence-corrected chi connectivity index (χ2v) is 4.92. The van der Waals surface area contributed by atoms with Gasteiger partial charge in [-0.15, -0.1) is 11.3 Å². The van der Waals surface area contributed by atoms with Gasteiger partial charge in [0.2, 0.25) is 0 Å². The summed E-state index contributed by atoms with van der Waals surface area (Å²) in [5, 5.41) is 2.63. The molecule has 0 saturated carbocycles. The lowest BCUT2D eigenvalue weighted by atomic mass is 10.1. The topological polar surface area (TPSA) is 26.0 Å². The van der Waals surface area contributed by atoms with Crippen LogP contribution in [0.3, 0.4) is 0 Å². The van der Waals surface area contributed by atoms with Crippen LogP contribution in [0.4, 0.5) is 4.39 Å². The third kappa shape index (κ3) is 2.61. The minimum atomic E-state index is -0.230. The van der Waals surface area contributed by atoms with Crippen molar-refractivity contribution in [3.8, 4) is 0 Å². The van der Waals surface area contributed by atoms with Gasteiger partial charge in [-0.3, -0.25) is 0 Å². The molecule has 0 radical (unpaired) electrons. The summed E-state index contributed by atoms with van der Waals surface area (Å²) in [4.78, 5) is 0.978. The van der Waals surface area contributed by atoms with E-state index in [1.165, 1.54) is 12.1 Å². The third-order valence-corrected chi connectivity index (χ3v) is 3.84. The Morgan fingerprint density at radius 1 is 1.25 bits per heavy atom. The van der Waals surface area contributed by atoms with E-state index in [2.05, 4.69) is 0 Å². The molecule has 1 nitrogen and oxygen atoms in total. The van der Waals surface area contributed by atoms with Gasteiger partial charge in [0.25, 0.3) is 0 Å². The third-order valence-electron chi connectivity index (χ3n) is 2.35. The van der Waals surface area contributed by atoms with Crippen molar-refractivity contribution < 1.29 is 4.39 Å². The predicted molar refractivity (Wildman–Crippen MR) is 66.4 cm³/mol. The summed E-state index contributed by atoms with van der Waals surface area (Å²) in [6.07, 6.45) is 0.667. The molecular weight excluding hydrogens is 245 g/mol. The molecule has 0 aliphatic heterocycles. The molecule has 16 heavy (non-hydrogen) atoms. The number of hydrogen-bond acceptors (Lipinski definition) is 2. The van der Waals surface area contributed by atoms with E-state index in [9.17, 15) is 4.39 Å². The van der Waals surface area contributed by atoms with Gasteiger partial charge >= 0.3 is 0 Å². The summed E-state index contributed by atoms with van der Waals surface area (Å²) in [7, 11) is 0. The van der Waals surface area contributed by atoms with E-state index in [4.69, 9.17) is 17.3 Å². The first-order chi connectivity index (χ1) is 7.66. The van der Waals surface area contributed by atoms with E-state index >= 15 is 0 Å². The summed E-state index contributed by atoms with van der Waals surface area (Å²) in [6, 6.07) is 8.09. The molecule has 2 N–H and O–H groups in total. The Morgan fingerprint density at radius 3 is 2.50 bits per heavy atom. The smallest absolute Gasteiger partial charge is 0.123 e. The lowest BCUT2D eigenvalue weighted by molar-refractivity contribution is 0.626. The molecule has 0 bridgehead atoms. The molecule has 1 heterocycles. The van der Waals surface area contributed by atoms with Gasteiger partial charge in [-0.1, -0.05) is 23.7 Å². The molecule has 0 fully saturated rings. The Kier molecular flexibility index (Phi) is 3.59. The quantitative estimate of drug-likeness (QED) is 0.887. The zero-order valence-electron chi connectivity index (χ0n) is 8.49. The largest absolute Gasteiger partial charge is 0.323 e. The van der Waals surface area contributed by atoms with Crippen molar-refractivity contribution in [2.24, 2.45) is 5.73 Å². The Bertz CT molecular complexity index is 466. The fraction of sp³-hybridized carbons (Fsp3) is 0.167. The van der Waals surface area contributed by atoms with Crippen molar-refractivity contribution in [3.63, 3.8) is 0 Å². The van der Waals surface area contributed by atoms with Gasteiger partial charge in [0.05, 0.1) is 5.02 Å². The second-order valence-electron chi connectivity index (χ2n) is 3.57. The van der Waals surface area contributed by atoms with E-state index < -0.39 is 0 Å². The van der Waals surface area contributed by atoms with Crippen molar-refractivity contribution in [2.75, 3.05) is 0 Å². The van der Waals surface area contributed by atoms with Gasteiger partial charge in [-0.25, -0.2) is 4.39 Å². The maximum absolute atomic E-state index is 12.7. The molecule has 4 heteroatoms. The summed E-state index contributed by atoms with van der Waals surface area (Å²) < 4.78 is 12.7. The van der Waals surface area contributed by atoms with Gasteiger partial charge < -0.3 is 5.73 Å². The van der Waals surface area contributed by atoms with Gasteiger partial charge in [-0.05, 0) is 35.6 Å². The van der Waals surface area contributed by atoms with Crippen molar-refractivity contribution in [2.45, 2.75) is 12.5 Å². The highest BCUT2D eigenvalue weighted by Crippen LogP contribution is 2.29. The normalized spacial score (nSPS) is 12.7. The van der Waals surface area contributed by atoms with Crippen LogP contribution in [-0.2, 0) is 6.42 Å². The van der Waals surface area contributed by atoms with E-state index in [0.717, 1.165) is 10.4 Å². The molecule has 0 aliphatic rings. The van der Waals surface area contributed by atoms with Gasteiger partial charge in [0, 0.05) is 10.9 Å². The molecule has 84 valence electrons. The number of halogens is 2. The summed E-state index contributed by atoms with van der Waals surface area (Å²) in [5.41, 5.74) is 7.05. The summed E-state index contributed by atoms with van der Waals surface area (Å²) in [6.45, 7) is 0. The van der Waals surface area contributed by atoms with Crippen LogP contribution in [0, 0.1) is 5.82 Å². The fourth-order valence-electron chi connectivity index (χ4n) is 1.54. The Morgan fingerprint density at radius 2 is 1.94 bits per heavy atom. The first-order valence-corrected chi connectivity index (χ1v) is 6.15. The molecule has 1 atom stereocenters. The highest BCUT2D eigenvalue weighted by molar-refractivity contribution is 7.10. The molecule has 1 aromatic heterocycles. The first-order valence-electron chi connectivity index (χ1n) is 4.89. The van der Waals surface area contributed by atoms with Crippen LogP contribution in [0.5, 0.6) is 0 Å². The number of thiophene rings is 1. The average Bonchev–Trinajstić information content (AvgIpc) is 2.68. The average molecular weight is 256 g/mol. The van der Waals surface area contributed by atoms with Crippen molar-refractivity contribution in [3.05, 3.63) is 57.0 Å². The second kappa shape index (κ2) is 4.95. The first kappa shape index (κ1) is 11.6. The van der Waals surface area contributed by atoms with Crippen LogP contribution in [0.25, 0.3) is 0 Å². The van der Waals surface area contributed by atoms with Crippen LogP contribution in [0.15, 0.2) is 35.7 Å². The van der Waals surface area contributed by atoms with Crippen LogP contribution in [-0.4, -0.2) is 0 Å². The van der Waals surface area contributed by atoms with E-state index in [1.54, 1.807) is 23.5 Å². The zero-order chi connectivity index (χ0) is 11.5. The lowest BCUT2D eigenvalue weighted by Crippen LogP contribution is -2.12. The van der Waals surface area contributed by atoms with E-state index in [0.29, 0.717) is 11.4 Å². The van der Waals surface area contributed by atoms with E-state index in [-0.39, 0.29) is 11.9 Å². The lowest BCUT2D eigenvalue weighted by Gasteiger charge is -2.10. The number of nitrogens with two attached hydrogens (primary N) is 1. The number of rotatable bonds is 3. The van der Waals surface area contributed by atoms with Gasteiger partial charge in [0.1, 0.15) is 5.82 Å². The molecule has 0 spiro atoms. The van der Waals surface area contributed by atoms with Crippen LogP contribution >= 0.6 is 22.9 Å². The molecular formula is C12H11ClFNS. The summed E-state index contributed by atoms with van der Waals surface area (Å²) in [5.74, 6) is -0.230. The Hall–Kier alpha value is -0.900. The van der Waals surface area contributed by atoms with Gasteiger partial charge in [-0.2, -0.15) is 0 Å². The molecule has 2 aromatic rings. The minimum Gasteiger partial charge on any atom is -0.323 e. The van der Waals surface area contributed by atoms with Crippen molar-refractivity contribution in [1.29, 1.82) is 0 Å². The highest BCUT2D eigenvalue weighted by atomic mass is 35.5. The molecule has 2 rings (SSSR count). The van der Waals surface area contributed by atoms with Crippen LogP contribution in [0.2, 0.25) is 5.02 Å². The summed E-state index contributed by atoms with van der Waals surface area (Å²) >= 11 is 7.55. The number of hydrogen-bond donors (Lipinski definition) is 1. The zero-order valence-corrected chi connectivity index (χ0v) is 10.1. The standard InChI is InChI=1S/C12H11ClFNS/c13-10-5-6-16-12(10)11(15)7-8-1-3-9(14)4-2-8/h1-6,11H,7,15H2. The van der Waals surface area contributed by atoms with Gasteiger partial charge in [0.15, 0.2) is 0 Å². The Balaban J connectivity index is 2.10. The Labute approximate surface area is 103 Å². The maximum atomic E-state index is 12.7. The van der Waals surface area contributed by atoms with Crippen molar-refractivity contribution >= 4 is 22.9 Å². The predicted octanol–water partition coefficient (Wildman–Crippen LogP) is 3.78. The molecule has 1 aromatic carbocycles. The minimum absolute atomic E-state index is 0.127. The molecule has 1 unspecified atom stereocenters. The van der Waals surface area contributed by atoms with Crippen LogP contribution in [0.1, 0.15) is 16.5 Å².